The maximum atomic E-state index is 5.41. The van der Waals surface area contributed by atoms with Crippen molar-refractivity contribution < 1.29 is 9.47 Å². The molecule has 0 aliphatic heterocycles. The number of benzene rings is 1. The van der Waals surface area contributed by atoms with Crippen molar-refractivity contribution in [1.29, 1.82) is 0 Å². The molecule has 80 valence electrons. The average molecular weight is 204 g/mol. The second-order valence-electron chi connectivity index (χ2n) is 3.66. The first-order chi connectivity index (χ1) is 7.36. The summed E-state index contributed by atoms with van der Waals surface area (Å²) in [6.07, 6.45) is 5.85. The van der Waals surface area contributed by atoms with E-state index in [1.54, 1.807) is 14.2 Å². The van der Waals surface area contributed by atoms with Crippen LogP contribution in [0.15, 0.2) is 24.3 Å². The molecule has 0 radical (unpaired) electrons. The van der Waals surface area contributed by atoms with Gasteiger partial charge in [-0.2, -0.15) is 0 Å². The number of para-hydroxylation sites is 1. The van der Waals surface area contributed by atoms with Crippen LogP contribution in [0.25, 0.3) is 5.57 Å². The Hall–Kier alpha value is -1.44. The monoisotopic (exact) mass is 204 g/mol. The predicted molar refractivity (Wildman–Crippen MR) is 61.4 cm³/mol. The highest BCUT2D eigenvalue weighted by Crippen LogP contribution is 2.38. The Labute approximate surface area is 90.5 Å². The molecule has 1 aliphatic rings. The van der Waals surface area contributed by atoms with Crippen molar-refractivity contribution in [1.82, 2.24) is 0 Å². The number of methoxy groups -OCH3 is 2. The summed E-state index contributed by atoms with van der Waals surface area (Å²) in [4.78, 5) is 0. The lowest BCUT2D eigenvalue weighted by Gasteiger charge is -2.13. The van der Waals surface area contributed by atoms with Crippen molar-refractivity contribution >= 4 is 5.57 Å². The molecule has 15 heavy (non-hydrogen) atoms. The number of allylic oxidation sites excluding steroid dienone is 2. The fraction of sp³-hybridized carbons (Fsp3) is 0.385. The molecular formula is C13H16O2. The molecule has 0 fully saturated rings. The molecular weight excluding hydrogens is 188 g/mol. The summed E-state index contributed by atoms with van der Waals surface area (Å²) < 4.78 is 10.7. The Balaban J connectivity index is 2.45. The highest BCUT2D eigenvalue weighted by Gasteiger charge is 2.15. The molecule has 2 rings (SSSR count). The first-order valence-electron chi connectivity index (χ1n) is 5.27. The Kier molecular flexibility index (Phi) is 2.95. The van der Waals surface area contributed by atoms with Crippen LogP contribution in [-0.2, 0) is 0 Å². The highest BCUT2D eigenvalue weighted by atomic mass is 16.5. The number of hydrogen-bond acceptors (Lipinski definition) is 2. The minimum atomic E-state index is 0.808. The van der Waals surface area contributed by atoms with Crippen molar-refractivity contribution in [2.45, 2.75) is 19.3 Å². The summed E-state index contributed by atoms with van der Waals surface area (Å²) in [7, 11) is 3.36. The number of rotatable bonds is 3. The van der Waals surface area contributed by atoms with E-state index in [2.05, 4.69) is 12.1 Å². The quantitative estimate of drug-likeness (QED) is 0.752. The van der Waals surface area contributed by atoms with Crippen molar-refractivity contribution in [3.8, 4) is 11.5 Å². The molecule has 0 atom stereocenters. The molecule has 2 nitrogen and oxygen atoms in total. The predicted octanol–water partition coefficient (Wildman–Crippen LogP) is 3.27. The fourth-order valence-electron chi connectivity index (χ4n) is 2.06. The zero-order valence-electron chi connectivity index (χ0n) is 9.25. The summed E-state index contributed by atoms with van der Waals surface area (Å²) >= 11 is 0. The second kappa shape index (κ2) is 4.39. The van der Waals surface area contributed by atoms with Gasteiger partial charge in [0.1, 0.15) is 0 Å². The normalized spacial score (nSPS) is 14.9. The first kappa shape index (κ1) is 10.1. The largest absolute Gasteiger partial charge is 0.493 e. The Morgan fingerprint density at radius 3 is 2.60 bits per heavy atom. The molecule has 0 unspecified atom stereocenters. The third kappa shape index (κ3) is 1.84. The molecule has 0 saturated carbocycles. The number of hydrogen-bond donors (Lipinski definition) is 0. The van der Waals surface area contributed by atoms with Crippen LogP contribution < -0.4 is 9.47 Å². The van der Waals surface area contributed by atoms with Gasteiger partial charge in [0.05, 0.1) is 14.2 Å². The van der Waals surface area contributed by atoms with Crippen molar-refractivity contribution in [2.75, 3.05) is 14.2 Å². The molecule has 0 bridgehead atoms. The lowest BCUT2D eigenvalue weighted by Crippen LogP contribution is -1.94. The van der Waals surface area contributed by atoms with Gasteiger partial charge in [0.15, 0.2) is 11.5 Å². The lowest BCUT2D eigenvalue weighted by molar-refractivity contribution is 0.354. The average Bonchev–Trinajstić information content (AvgIpc) is 2.81. The van der Waals surface area contributed by atoms with E-state index in [0.29, 0.717) is 0 Å². The Morgan fingerprint density at radius 1 is 1.13 bits per heavy atom. The molecule has 0 aromatic heterocycles. The van der Waals surface area contributed by atoms with Crippen molar-refractivity contribution in [3.63, 3.8) is 0 Å². The van der Waals surface area contributed by atoms with Gasteiger partial charge in [-0.05, 0) is 30.9 Å². The number of ether oxygens (including phenoxy) is 2. The summed E-state index contributed by atoms with van der Waals surface area (Å²) in [5.74, 6) is 1.66. The van der Waals surface area contributed by atoms with Crippen molar-refractivity contribution in [3.05, 3.63) is 29.8 Å². The van der Waals surface area contributed by atoms with Gasteiger partial charge >= 0.3 is 0 Å². The van der Waals surface area contributed by atoms with Crippen LogP contribution in [0, 0.1) is 0 Å². The van der Waals surface area contributed by atoms with Gasteiger partial charge in [0.2, 0.25) is 0 Å². The summed E-state index contributed by atoms with van der Waals surface area (Å²) in [6.45, 7) is 0. The van der Waals surface area contributed by atoms with Gasteiger partial charge in [-0.15, -0.1) is 0 Å². The van der Waals surface area contributed by atoms with Gasteiger partial charge in [-0.25, -0.2) is 0 Å². The standard InChI is InChI=1S/C13H16O2/c1-14-12-9-5-8-11(13(12)15-2)10-6-3-4-7-10/h5-6,8-9H,3-4,7H2,1-2H3. The topological polar surface area (TPSA) is 18.5 Å². The SMILES string of the molecule is COc1cccc(C2=CCCC2)c1OC. The van der Waals surface area contributed by atoms with E-state index in [0.717, 1.165) is 17.9 Å². The lowest BCUT2D eigenvalue weighted by atomic mass is 10.0. The van der Waals surface area contributed by atoms with E-state index >= 15 is 0 Å². The molecule has 0 spiro atoms. The van der Waals surface area contributed by atoms with Crippen LogP contribution in [0.4, 0.5) is 0 Å². The zero-order valence-corrected chi connectivity index (χ0v) is 9.25. The van der Waals surface area contributed by atoms with E-state index in [9.17, 15) is 0 Å². The highest BCUT2D eigenvalue weighted by molar-refractivity contribution is 5.74. The maximum absolute atomic E-state index is 5.41. The van der Waals surface area contributed by atoms with Crippen LogP contribution in [-0.4, -0.2) is 14.2 Å². The Bertz CT molecular complexity index is 380. The van der Waals surface area contributed by atoms with Crippen LogP contribution in [0.5, 0.6) is 11.5 Å². The van der Waals surface area contributed by atoms with Gasteiger partial charge in [-0.3, -0.25) is 0 Å². The van der Waals surface area contributed by atoms with E-state index in [1.165, 1.54) is 24.0 Å². The van der Waals surface area contributed by atoms with E-state index in [4.69, 9.17) is 9.47 Å². The van der Waals surface area contributed by atoms with Gasteiger partial charge < -0.3 is 9.47 Å². The molecule has 1 aromatic rings. The molecule has 0 N–H and O–H groups in total. The summed E-state index contributed by atoms with van der Waals surface area (Å²) in [5.41, 5.74) is 2.56. The van der Waals surface area contributed by atoms with Crippen LogP contribution in [0.3, 0.4) is 0 Å². The van der Waals surface area contributed by atoms with Gasteiger partial charge in [0.25, 0.3) is 0 Å². The third-order valence-corrected chi connectivity index (χ3v) is 2.79. The Morgan fingerprint density at radius 2 is 2.00 bits per heavy atom. The zero-order chi connectivity index (χ0) is 10.7. The van der Waals surface area contributed by atoms with E-state index < -0.39 is 0 Å². The van der Waals surface area contributed by atoms with Gasteiger partial charge in [-0.1, -0.05) is 18.2 Å². The van der Waals surface area contributed by atoms with Crippen LogP contribution in [0.2, 0.25) is 0 Å². The maximum Gasteiger partial charge on any atom is 0.168 e. The van der Waals surface area contributed by atoms with E-state index in [-0.39, 0.29) is 0 Å². The minimum absolute atomic E-state index is 0.808. The molecule has 0 saturated heterocycles. The molecule has 0 heterocycles. The van der Waals surface area contributed by atoms with Crippen LogP contribution in [0.1, 0.15) is 24.8 Å². The first-order valence-corrected chi connectivity index (χ1v) is 5.27. The molecule has 0 amide bonds. The molecule has 1 aliphatic carbocycles. The fourth-order valence-corrected chi connectivity index (χ4v) is 2.06. The van der Waals surface area contributed by atoms with Crippen molar-refractivity contribution in [2.24, 2.45) is 0 Å². The van der Waals surface area contributed by atoms with Gasteiger partial charge in [0, 0.05) is 5.56 Å². The minimum Gasteiger partial charge on any atom is -0.493 e. The summed E-state index contributed by atoms with van der Waals surface area (Å²) in [5, 5.41) is 0. The molecule has 1 aromatic carbocycles. The second-order valence-corrected chi connectivity index (χ2v) is 3.66. The van der Waals surface area contributed by atoms with E-state index in [1.807, 2.05) is 12.1 Å². The smallest absolute Gasteiger partial charge is 0.168 e. The van der Waals surface area contributed by atoms with Crippen LogP contribution >= 0.6 is 0 Å². The summed E-state index contributed by atoms with van der Waals surface area (Å²) in [6, 6.07) is 6.03. The molecule has 2 heteroatoms. The third-order valence-electron chi connectivity index (χ3n) is 2.79.